The largest absolute Gasteiger partial charge is 0.483 e. The number of aryl methyl sites for hydroxylation is 3. The first-order valence-electron chi connectivity index (χ1n) is 7.90. The Balaban J connectivity index is 2.05. The van der Waals surface area contributed by atoms with Crippen molar-refractivity contribution < 1.29 is 17.9 Å². The minimum absolute atomic E-state index is 0.0291. The topological polar surface area (TPSA) is 63.7 Å². The van der Waals surface area contributed by atoms with Crippen molar-refractivity contribution in [3.05, 3.63) is 28.8 Å². The number of benzene rings is 1. The second-order valence-corrected chi connectivity index (χ2v) is 8.65. The summed E-state index contributed by atoms with van der Waals surface area (Å²) in [6.45, 7) is 8.13. The van der Waals surface area contributed by atoms with Gasteiger partial charge < -0.3 is 9.64 Å². The summed E-state index contributed by atoms with van der Waals surface area (Å²) >= 11 is 0. The van der Waals surface area contributed by atoms with Crippen LogP contribution >= 0.6 is 0 Å². The molecule has 1 atom stereocenters. The molecule has 0 aromatic heterocycles. The number of ether oxygens (including phenoxy) is 1. The van der Waals surface area contributed by atoms with Crippen LogP contribution in [0.25, 0.3) is 0 Å². The third-order valence-corrected chi connectivity index (χ3v) is 6.05. The van der Waals surface area contributed by atoms with E-state index in [2.05, 4.69) is 0 Å². The van der Waals surface area contributed by atoms with Crippen LogP contribution in [0, 0.1) is 20.8 Å². The average Bonchev–Trinajstić information content (AvgIpc) is 2.54. The quantitative estimate of drug-likeness (QED) is 0.845. The zero-order chi connectivity index (χ0) is 17.2. The van der Waals surface area contributed by atoms with Crippen LogP contribution in [-0.4, -0.2) is 49.9 Å². The Labute approximate surface area is 138 Å². The lowest BCUT2D eigenvalue weighted by Gasteiger charge is -2.26. The molecule has 0 aliphatic carbocycles. The van der Waals surface area contributed by atoms with Gasteiger partial charge in [0.05, 0.1) is 11.5 Å². The SMILES string of the molecule is Cc1cc(C)c(OCC(=O)N2CCCS(=O)(=O)CC2C)c(C)c1. The van der Waals surface area contributed by atoms with Crippen LogP contribution in [0.1, 0.15) is 30.0 Å². The van der Waals surface area contributed by atoms with Gasteiger partial charge in [-0.25, -0.2) is 8.42 Å². The van der Waals surface area contributed by atoms with Crippen molar-refractivity contribution in [2.45, 2.75) is 40.2 Å². The third-order valence-electron chi connectivity index (χ3n) is 4.15. The minimum Gasteiger partial charge on any atom is -0.483 e. The van der Waals surface area contributed by atoms with Gasteiger partial charge >= 0.3 is 0 Å². The Hall–Kier alpha value is -1.56. The van der Waals surface area contributed by atoms with E-state index in [1.807, 2.05) is 32.9 Å². The normalized spacial score (nSPS) is 20.9. The Morgan fingerprint density at radius 2 is 1.87 bits per heavy atom. The summed E-state index contributed by atoms with van der Waals surface area (Å²) in [5, 5.41) is 0. The molecule has 23 heavy (non-hydrogen) atoms. The van der Waals surface area contributed by atoms with Gasteiger partial charge in [-0.1, -0.05) is 17.7 Å². The molecule has 1 fully saturated rings. The second kappa shape index (κ2) is 6.91. The first-order valence-corrected chi connectivity index (χ1v) is 9.72. The minimum atomic E-state index is -3.05. The van der Waals surface area contributed by atoms with Crippen LogP contribution in [-0.2, 0) is 14.6 Å². The fraction of sp³-hybridized carbons (Fsp3) is 0.588. The van der Waals surface area contributed by atoms with Gasteiger partial charge in [0.25, 0.3) is 5.91 Å². The van der Waals surface area contributed by atoms with Gasteiger partial charge in [-0.2, -0.15) is 0 Å². The molecule has 128 valence electrons. The van der Waals surface area contributed by atoms with E-state index < -0.39 is 9.84 Å². The van der Waals surface area contributed by atoms with Crippen LogP contribution in [0.4, 0.5) is 0 Å². The highest BCUT2D eigenvalue weighted by Crippen LogP contribution is 2.24. The van der Waals surface area contributed by atoms with Crippen LogP contribution in [0.2, 0.25) is 0 Å². The summed E-state index contributed by atoms with van der Waals surface area (Å²) in [6, 6.07) is 3.74. The van der Waals surface area contributed by atoms with E-state index in [4.69, 9.17) is 4.74 Å². The summed E-state index contributed by atoms with van der Waals surface area (Å²) in [4.78, 5) is 14.1. The number of sulfone groups is 1. The van der Waals surface area contributed by atoms with Crippen LogP contribution in [0.15, 0.2) is 12.1 Å². The van der Waals surface area contributed by atoms with Gasteiger partial charge in [0.1, 0.15) is 5.75 Å². The maximum absolute atomic E-state index is 12.4. The van der Waals surface area contributed by atoms with Crippen LogP contribution in [0.5, 0.6) is 5.75 Å². The smallest absolute Gasteiger partial charge is 0.260 e. The van der Waals surface area contributed by atoms with Crippen molar-refractivity contribution in [1.29, 1.82) is 0 Å². The number of carbonyl (C=O) groups is 1. The molecule has 6 heteroatoms. The molecule has 5 nitrogen and oxygen atoms in total. The number of carbonyl (C=O) groups excluding carboxylic acids is 1. The molecule has 0 spiro atoms. The summed E-state index contributed by atoms with van der Waals surface area (Å²) in [7, 11) is -3.05. The Bertz CT molecular complexity index is 674. The number of amides is 1. The Morgan fingerprint density at radius 3 is 2.48 bits per heavy atom. The van der Waals surface area contributed by atoms with Gasteiger partial charge in [-0.05, 0) is 45.2 Å². The number of nitrogens with zero attached hydrogens (tertiary/aromatic N) is 1. The molecule has 1 aromatic carbocycles. The molecule has 2 rings (SSSR count). The monoisotopic (exact) mass is 339 g/mol. The molecule has 1 unspecified atom stereocenters. The highest BCUT2D eigenvalue weighted by molar-refractivity contribution is 7.91. The highest BCUT2D eigenvalue weighted by atomic mass is 32.2. The zero-order valence-electron chi connectivity index (χ0n) is 14.3. The molecule has 0 saturated carbocycles. The fourth-order valence-electron chi connectivity index (χ4n) is 3.20. The van der Waals surface area contributed by atoms with Crippen molar-refractivity contribution in [2.24, 2.45) is 0 Å². The number of hydrogen-bond donors (Lipinski definition) is 0. The molecule has 1 aliphatic heterocycles. The number of hydrogen-bond acceptors (Lipinski definition) is 4. The van der Waals surface area contributed by atoms with Gasteiger partial charge in [0.2, 0.25) is 0 Å². The molecular formula is C17H25NO4S. The fourth-order valence-corrected chi connectivity index (χ4v) is 4.85. The van der Waals surface area contributed by atoms with Gasteiger partial charge in [0.15, 0.2) is 16.4 Å². The predicted octanol–water partition coefficient (Wildman–Crippen LogP) is 2.03. The van der Waals surface area contributed by atoms with E-state index in [0.717, 1.165) is 22.4 Å². The predicted molar refractivity (Wildman–Crippen MR) is 90.6 cm³/mol. The van der Waals surface area contributed by atoms with Crippen molar-refractivity contribution >= 4 is 15.7 Å². The number of rotatable bonds is 3. The van der Waals surface area contributed by atoms with Crippen LogP contribution in [0.3, 0.4) is 0 Å². The van der Waals surface area contributed by atoms with Gasteiger partial charge in [0, 0.05) is 12.6 Å². The van der Waals surface area contributed by atoms with E-state index >= 15 is 0 Å². The maximum Gasteiger partial charge on any atom is 0.260 e. The first-order chi connectivity index (χ1) is 10.7. The lowest BCUT2D eigenvalue weighted by Crippen LogP contribution is -2.43. The lowest BCUT2D eigenvalue weighted by atomic mass is 10.1. The summed E-state index contributed by atoms with van der Waals surface area (Å²) in [5.41, 5.74) is 3.16. The van der Waals surface area contributed by atoms with Gasteiger partial charge in [-0.3, -0.25) is 4.79 Å². The van der Waals surface area contributed by atoms with Gasteiger partial charge in [-0.15, -0.1) is 0 Å². The summed E-state index contributed by atoms with van der Waals surface area (Å²) in [6.07, 6.45) is 0.487. The summed E-state index contributed by atoms with van der Waals surface area (Å²) < 4.78 is 29.3. The molecule has 1 heterocycles. The summed E-state index contributed by atoms with van der Waals surface area (Å²) in [5.74, 6) is 0.757. The molecule has 0 radical (unpaired) electrons. The standard InChI is InChI=1S/C17H25NO4S/c1-12-8-13(2)17(14(3)9-12)22-10-16(19)18-6-5-7-23(20,21)11-15(18)4/h8-9,15H,5-7,10-11H2,1-4H3. The van der Waals surface area contributed by atoms with E-state index in [1.54, 1.807) is 11.8 Å². The lowest BCUT2D eigenvalue weighted by molar-refractivity contribution is -0.134. The second-order valence-electron chi connectivity index (χ2n) is 6.42. The van der Waals surface area contributed by atoms with E-state index in [-0.39, 0.29) is 30.1 Å². The Morgan fingerprint density at radius 1 is 1.26 bits per heavy atom. The highest BCUT2D eigenvalue weighted by Gasteiger charge is 2.28. The van der Waals surface area contributed by atoms with Crippen molar-refractivity contribution in [3.8, 4) is 5.75 Å². The molecule has 1 amide bonds. The first kappa shape index (κ1) is 17.8. The Kier molecular flexibility index (Phi) is 5.34. The average molecular weight is 339 g/mol. The van der Waals surface area contributed by atoms with E-state index in [9.17, 15) is 13.2 Å². The molecular weight excluding hydrogens is 314 g/mol. The van der Waals surface area contributed by atoms with Crippen LogP contribution < -0.4 is 4.74 Å². The van der Waals surface area contributed by atoms with Crippen molar-refractivity contribution in [2.75, 3.05) is 24.7 Å². The zero-order valence-corrected chi connectivity index (χ0v) is 15.1. The van der Waals surface area contributed by atoms with E-state index in [0.29, 0.717) is 13.0 Å². The molecule has 1 aromatic rings. The third kappa shape index (κ3) is 4.47. The molecule has 1 aliphatic rings. The maximum atomic E-state index is 12.4. The van der Waals surface area contributed by atoms with Crippen molar-refractivity contribution in [1.82, 2.24) is 4.90 Å². The van der Waals surface area contributed by atoms with E-state index in [1.165, 1.54) is 0 Å². The van der Waals surface area contributed by atoms with Crippen molar-refractivity contribution in [3.63, 3.8) is 0 Å². The molecule has 1 saturated heterocycles. The molecule has 0 bridgehead atoms. The molecule has 0 N–H and O–H groups in total.